The third-order valence-electron chi connectivity index (χ3n) is 6.31. The van der Waals surface area contributed by atoms with Gasteiger partial charge in [0.25, 0.3) is 0 Å². The van der Waals surface area contributed by atoms with E-state index in [0.29, 0.717) is 44.2 Å². The standard InChI is InChI=1S/C29H35N5O3/c1-3-34(11-12-35)10-5-13-37-25-8-9-26-27(18-25)31-20-32-29(26)33-28-17-23(19-30-28)16-24(36)15-22-7-4-6-21(2)14-22/h4,6-9,14,17-18,20,35H,3,5,10-13,15-16,19H2,1-2H3,(H,30,31,32,33). The first-order chi connectivity index (χ1) is 18.0. The molecule has 194 valence electrons. The summed E-state index contributed by atoms with van der Waals surface area (Å²) in [5, 5.41) is 13.3. The van der Waals surface area contributed by atoms with Gasteiger partial charge in [-0.25, -0.2) is 9.97 Å². The molecule has 0 amide bonds. The number of aryl methyl sites for hydroxylation is 1. The quantitative estimate of drug-likeness (QED) is 0.342. The minimum absolute atomic E-state index is 0.172. The number of anilines is 1. The van der Waals surface area contributed by atoms with E-state index in [9.17, 15) is 4.79 Å². The summed E-state index contributed by atoms with van der Waals surface area (Å²) in [4.78, 5) is 28.1. The summed E-state index contributed by atoms with van der Waals surface area (Å²) in [5.41, 5.74) is 3.98. The Morgan fingerprint density at radius 3 is 2.84 bits per heavy atom. The molecule has 0 spiro atoms. The highest BCUT2D eigenvalue weighted by Gasteiger charge is 2.15. The van der Waals surface area contributed by atoms with Crippen molar-refractivity contribution >= 4 is 28.3 Å². The zero-order chi connectivity index (χ0) is 26.0. The molecule has 0 saturated carbocycles. The van der Waals surface area contributed by atoms with Crippen LogP contribution in [0.4, 0.5) is 5.82 Å². The largest absolute Gasteiger partial charge is 0.493 e. The molecule has 1 aliphatic rings. The van der Waals surface area contributed by atoms with Crippen molar-refractivity contribution in [3.8, 4) is 5.75 Å². The van der Waals surface area contributed by atoms with Gasteiger partial charge in [0.15, 0.2) is 0 Å². The Labute approximate surface area is 218 Å². The number of hydrogen-bond donors (Lipinski definition) is 2. The Kier molecular flexibility index (Phi) is 9.35. The summed E-state index contributed by atoms with van der Waals surface area (Å²) in [5.74, 6) is 2.31. The van der Waals surface area contributed by atoms with E-state index < -0.39 is 0 Å². The molecule has 8 nitrogen and oxygen atoms in total. The van der Waals surface area contributed by atoms with Crippen molar-refractivity contribution in [3.05, 3.63) is 71.6 Å². The molecular weight excluding hydrogens is 466 g/mol. The van der Waals surface area contributed by atoms with E-state index in [1.54, 1.807) is 0 Å². The monoisotopic (exact) mass is 501 g/mol. The molecule has 8 heteroatoms. The average molecular weight is 502 g/mol. The fourth-order valence-electron chi connectivity index (χ4n) is 4.41. The molecule has 4 rings (SSSR count). The van der Waals surface area contributed by atoms with Gasteiger partial charge in [0.2, 0.25) is 0 Å². The Morgan fingerprint density at radius 2 is 2.03 bits per heavy atom. The molecule has 1 aliphatic heterocycles. The number of fused-ring (bicyclic) bond motifs is 1. The van der Waals surface area contributed by atoms with E-state index in [-0.39, 0.29) is 12.4 Å². The van der Waals surface area contributed by atoms with Gasteiger partial charge in [-0.3, -0.25) is 9.79 Å². The number of aliphatic hydroxyl groups is 1. The lowest BCUT2D eigenvalue weighted by Crippen LogP contribution is -2.28. The Bertz CT molecular complexity index is 1290. The van der Waals surface area contributed by atoms with Crippen molar-refractivity contribution < 1.29 is 14.6 Å². The maximum Gasteiger partial charge on any atom is 0.142 e. The van der Waals surface area contributed by atoms with Gasteiger partial charge in [-0.2, -0.15) is 0 Å². The van der Waals surface area contributed by atoms with Crippen molar-refractivity contribution in [2.24, 2.45) is 4.99 Å². The molecule has 0 bridgehead atoms. The van der Waals surface area contributed by atoms with E-state index in [0.717, 1.165) is 52.9 Å². The van der Waals surface area contributed by atoms with Gasteiger partial charge in [0.05, 0.1) is 25.3 Å². The Morgan fingerprint density at radius 1 is 1.14 bits per heavy atom. The zero-order valence-corrected chi connectivity index (χ0v) is 21.6. The van der Waals surface area contributed by atoms with E-state index in [1.807, 2.05) is 49.4 Å². The fraction of sp³-hybridized carbons (Fsp3) is 0.379. The topological polar surface area (TPSA) is 99.9 Å². The van der Waals surface area contributed by atoms with E-state index >= 15 is 0 Å². The van der Waals surface area contributed by atoms with Crippen LogP contribution >= 0.6 is 0 Å². The van der Waals surface area contributed by atoms with Crippen LogP contribution in [0.15, 0.2) is 65.4 Å². The van der Waals surface area contributed by atoms with Gasteiger partial charge in [0, 0.05) is 37.4 Å². The number of nitrogens with zero attached hydrogens (tertiary/aromatic N) is 4. The highest BCUT2D eigenvalue weighted by Crippen LogP contribution is 2.25. The van der Waals surface area contributed by atoms with Gasteiger partial charge in [-0.15, -0.1) is 0 Å². The van der Waals surface area contributed by atoms with Crippen molar-refractivity contribution in [1.82, 2.24) is 14.9 Å². The normalized spacial score (nSPS) is 13.1. The van der Waals surface area contributed by atoms with Gasteiger partial charge in [-0.05, 0) is 49.2 Å². The van der Waals surface area contributed by atoms with Crippen LogP contribution in [0.3, 0.4) is 0 Å². The second-order valence-electron chi connectivity index (χ2n) is 9.27. The minimum Gasteiger partial charge on any atom is -0.493 e. The first-order valence-corrected chi connectivity index (χ1v) is 12.8. The fourth-order valence-corrected chi connectivity index (χ4v) is 4.41. The van der Waals surface area contributed by atoms with Crippen LogP contribution in [0.5, 0.6) is 5.75 Å². The predicted octanol–water partition coefficient (Wildman–Crippen LogP) is 3.97. The number of carbonyl (C=O) groups excluding carboxylic acids is 1. The van der Waals surface area contributed by atoms with Crippen molar-refractivity contribution in [3.63, 3.8) is 0 Å². The van der Waals surface area contributed by atoms with Crippen molar-refractivity contribution in [2.45, 2.75) is 33.1 Å². The smallest absolute Gasteiger partial charge is 0.142 e. The summed E-state index contributed by atoms with van der Waals surface area (Å²) < 4.78 is 5.93. The molecule has 1 aromatic heterocycles. The number of ether oxygens (including phenoxy) is 1. The molecule has 0 saturated heterocycles. The number of benzene rings is 2. The Balaban J connectivity index is 1.32. The van der Waals surface area contributed by atoms with E-state index in [1.165, 1.54) is 6.33 Å². The summed E-state index contributed by atoms with van der Waals surface area (Å²) in [6, 6.07) is 13.8. The number of aliphatic imine (C=N–C) groups is 1. The number of likely N-dealkylation sites (N-methyl/N-ethyl adjacent to an activating group) is 1. The molecule has 2 heterocycles. The SMILES string of the molecule is CCN(CCO)CCCOc1ccc2c(NC3=NCC(CC(=O)Cc4cccc(C)c4)=C3)ncnc2c1. The highest BCUT2D eigenvalue weighted by atomic mass is 16.5. The zero-order valence-electron chi connectivity index (χ0n) is 21.6. The molecule has 2 N–H and O–H groups in total. The van der Waals surface area contributed by atoms with Crippen LogP contribution in [-0.2, 0) is 11.2 Å². The van der Waals surface area contributed by atoms with Gasteiger partial charge in [0.1, 0.15) is 29.5 Å². The van der Waals surface area contributed by atoms with Gasteiger partial charge >= 0.3 is 0 Å². The molecule has 0 aliphatic carbocycles. The molecule has 3 aromatic rings. The molecule has 0 fully saturated rings. The lowest BCUT2D eigenvalue weighted by Gasteiger charge is -2.18. The number of ketones is 1. The van der Waals surface area contributed by atoms with Crippen molar-refractivity contribution in [2.75, 3.05) is 44.7 Å². The van der Waals surface area contributed by atoms with Gasteiger partial charge < -0.3 is 20.1 Å². The van der Waals surface area contributed by atoms with Crippen LogP contribution in [0, 0.1) is 6.92 Å². The second-order valence-corrected chi connectivity index (χ2v) is 9.27. The summed E-state index contributed by atoms with van der Waals surface area (Å²) in [7, 11) is 0. The highest BCUT2D eigenvalue weighted by molar-refractivity contribution is 6.09. The van der Waals surface area contributed by atoms with Crippen LogP contribution < -0.4 is 10.1 Å². The minimum atomic E-state index is 0.172. The number of nitrogens with one attached hydrogen (secondary N) is 1. The van der Waals surface area contributed by atoms with Crippen molar-refractivity contribution in [1.29, 1.82) is 0 Å². The summed E-state index contributed by atoms with van der Waals surface area (Å²) in [6.07, 6.45) is 5.17. The number of hydrogen-bond acceptors (Lipinski definition) is 8. The summed E-state index contributed by atoms with van der Waals surface area (Å²) in [6.45, 7) is 7.88. The van der Waals surface area contributed by atoms with Crippen LogP contribution in [0.25, 0.3) is 10.9 Å². The lowest BCUT2D eigenvalue weighted by atomic mass is 10.0. The lowest BCUT2D eigenvalue weighted by molar-refractivity contribution is -0.117. The number of rotatable bonds is 13. The maximum atomic E-state index is 12.6. The number of aliphatic hydroxyl groups excluding tert-OH is 1. The molecule has 2 aromatic carbocycles. The van der Waals surface area contributed by atoms with Crippen LogP contribution in [-0.4, -0.2) is 71.0 Å². The summed E-state index contributed by atoms with van der Waals surface area (Å²) >= 11 is 0. The number of aromatic nitrogens is 2. The number of Topliss-reactive ketones (excluding diaryl/α,β-unsaturated/α-hetero) is 1. The van der Waals surface area contributed by atoms with Crippen LogP contribution in [0.2, 0.25) is 0 Å². The first kappa shape index (κ1) is 26.4. The molecular formula is C29H35N5O3. The number of carbonyl (C=O) groups is 1. The molecule has 0 unspecified atom stereocenters. The first-order valence-electron chi connectivity index (χ1n) is 12.8. The predicted molar refractivity (Wildman–Crippen MR) is 147 cm³/mol. The average Bonchev–Trinajstić information content (AvgIpc) is 3.32. The van der Waals surface area contributed by atoms with Gasteiger partial charge in [-0.1, -0.05) is 36.8 Å². The third kappa shape index (κ3) is 7.68. The van der Waals surface area contributed by atoms with Crippen LogP contribution in [0.1, 0.15) is 30.9 Å². The third-order valence-corrected chi connectivity index (χ3v) is 6.31. The molecule has 0 radical (unpaired) electrons. The molecule has 0 atom stereocenters. The van der Waals surface area contributed by atoms with E-state index in [2.05, 4.69) is 38.2 Å². The van der Waals surface area contributed by atoms with E-state index in [4.69, 9.17) is 9.84 Å². The molecule has 37 heavy (non-hydrogen) atoms. The Hall–Kier alpha value is -3.62. The maximum absolute atomic E-state index is 12.6. The second kappa shape index (κ2) is 13.1. The number of amidine groups is 1.